The van der Waals surface area contributed by atoms with Gasteiger partial charge in [-0.25, -0.2) is 0 Å². The third-order valence-corrected chi connectivity index (χ3v) is 2.55. The van der Waals surface area contributed by atoms with Gasteiger partial charge in [0.25, 0.3) is 0 Å². The predicted molar refractivity (Wildman–Crippen MR) is 52.3 cm³/mol. The molecule has 0 unspecified atom stereocenters. The molecule has 0 spiro atoms. The van der Waals surface area contributed by atoms with Crippen LogP contribution in [0.15, 0.2) is 0 Å². The van der Waals surface area contributed by atoms with Crippen molar-refractivity contribution in [2.75, 3.05) is 31.0 Å². The van der Waals surface area contributed by atoms with Crippen molar-refractivity contribution in [2.45, 2.75) is 12.8 Å². The van der Waals surface area contributed by atoms with Gasteiger partial charge in [-0.2, -0.15) is 24.4 Å². The van der Waals surface area contributed by atoms with Crippen LogP contribution < -0.4 is 0 Å². The normalized spacial score (nSPS) is 10.2. The van der Waals surface area contributed by atoms with Crippen molar-refractivity contribution in [3.63, 3.8) is 0 Å². The zero-order chi connectivity index (χ0) is 7.66. The van der Waals surface area contributed by atoms with Crippen LogP contribution in [0.1, 0.15) is 12.8 Å². The highest BCUT2D eigenvalue weighted by molar-refractivity contribution is 7.99. The molecule has 10 heavy (non-hydrogen) atoms. The van der Waals surface area contributed by atoms with Crippen LogP contribution in [0.2, 0.25) is 0 Å². The molecule has 3 heteroatoms. The molecule has 0 heterocycles. The molecule has 0 aromatic rings. The van der Waals surface area contributed by atoms with E-state index >= 15 is 0 Å². The average Bonchev–Trinajstić information content (AvgIpc) is 1.97. The van der Waals surface area contributed by atoms with E-state index in [1.54, 1.807) is 7.11 Å². The summed E-state index contributed by atoms with van der Waals surface area (Å²) < 4.78 is 4.92. The van der Waals surface area contributed by atoms with Crippen molar-refractivity contribution in [1.29, 1.82) is 0 Å². The fraction of sp³-hybridized carbons (Fsp3) is 1.00. The van der Waals surface area contributed by atoms with E-state index in [-0.39, 0.29) is 0 Å². The minimum atomic E-state index is 0.897. The van der Waals surface area contributed by atoms with E-state index in [0.717, 1.165) is 12.4 Å². The molecular formula is C7H16OS2. The minimum absolute atomic E-state index is 0.897. The summed E-state index contributed by atoms with van der Waals surface area (Å²) in [6.45, 7) is 0.897. The first kappa shape index (κ1) is 10.7. The lowest BCUT2D eigenvalue weighted by molar-refractivity contribution is 0.200. The Morgan fingerprint density at radius 1 is 1.30 bits per heavy atom. The molecule has 0 fully saturated rings. The van der Waals surface area contributed by atoms with Crippen molar-refractivity contribution < 1.29 is 4.74 Å². The van der Waals surface area contributed by atoms with Crippen LogP contribution in [0.4, 0.5) is 0 Å². The van der Waals surface area contributed by atoms with Gasteiger partial charge in [-0.15, -0.1) is 0 Å². The van der Waals surface area contributed by atoms with Gasteiger partial charge in [-0.1, -0.05) is 0 Å². The van der Waals surface area contributed by atoms with Crippen molar-refractivity contribution in [1.82, 2.24) is 0 Å². The molecule has 0 saturated carbocycles. The van der Waals surface area contributed by atoms with Gasteiger partial charge < -0.3 is 4.74 Å². The van der Waals surface area contributed by atoms with Gasteiger partial charge in [-0.3, -0.25) is 0 Å². The van der Waals surface area contributed by atoms with E-state index in [0.29, 0.717) is 0 Å². The molecule has 0 saturated heterocycles. The summed E-state index contributed by atoms with van der Waals surface area (Å²) in [5.41, 5.74) is 0. The first-order chi connectivity index (χ1) is 4.91. The van der Waals surface area contributed by atoms with Crippen LogP contribution in [0.25, 0.3) is 0 Å². The summed E-state index contributed by atoms with van der Waals surface area (Å²) in [6, 6.07) is 0. The molecule has 0 aromatic carbocycles. The number of thioether (sulfide) groups is 1. The SMILES string of the molecule is COCCCSCCCS. The molecule has 0 N–H and O–H groups in total. The maximum Gasteiger partial charge on any atom is 0.0470 e. The number of hydrogen-bond acceptors (Lipinski definition) is 3. The molecule has 0 aromatic heterocycles. The lowest BCUT2D eigenvalue weighted by Crippen LogP contribution is -1.91. The first-order valence-corrected chi connectivity index (χ1v) is 5.38. The second kappa shape index (κ2) is 9.66. The lowest BCUT2D eigenvalue weighted by Gasteiger charge is -1.98. The molecule has 0 aliphatic carbocycles. The summed E-state index contributed by atoms with van der Waals surface area (Å²) >= 11 is 6.11. The Kier molecular flexibility index (Phi) is 10.3. The van der Waals surface area contributed by atoms with Crippen molar-refractivity contribution in [3.8, 4) is 0 Å². The zero-order valence-electron chi connectivity index (χ0n) is 6.51. The minimum Gasteiger partial charge on any atom is -0.385 e. The third kappa shape index (κ3) is 8.66. The standard InChI is InChI=1S/C7H16OS2/c1-8-4-2-6-10-7-3-5-9/h9H,2-7H2,1H3. The molecule has 0 aliphatic rings. The largest absolute Gasteiger partial charge is 0.385 e. The Hall–Kier alpha value is 0.660. The fourth-order valence-corrected chi connectivity index (χ4v) is 1.82. The zero-order valence-corrected chi connectivity index (χ0v) is 8.22. The Balaban J connectivity index is 2.65. The molecule has 1 nitrogen and oxygen atoms in total. The molecule has 0 rings (SSSR count). The van der Waals surface area contributed by atoms with Gasteiger partial charge in [0.05, 0.1) is 0 Å². The van der Waals surface area contributed by atoms with Crippen LogP contribution in [0.3, 0.4) is 0 Å². The van der Waals surface area contributed by atoms with Crippen molar-refractivity contribution in [2.24, 2.45) is 0 Å². The van der Waals surface area contributed by atoms with E-state index in [1.807, 2.05) is 11.8 Å². The van der Waals surface area contributed by atoms with E-state index in [2.05, 4.69) is 12.6 Å². The van der Waals surface area contributed by atoms with Crippen molar-refractivity contribution in [3.05, 3.63) is 0 Å². The van der Waals surface area contributed by atoms with E-state index < -0.39 is 0 Å². The molecule has 0 radical (unpaired) electrons. The molecule has 0 aliphatic heterocycles. The van der Waals surface area contributed by atoms with Crippen LogP contribution in [-0.2, 0) is 4.74 Å². The highest BCUT2D eigenvalue weighted by atomic mass is 32.2. The van der Waals surface area contributed by atoms with Crippen LogP contribution in [0, 0.1) is 0 Å². The number of thiol groups is 1. The van der Waals surface area contributed by atoms with Crippen LogP contribution in [0.5, 0.6) is 0 Å². The van der Waals surface area contributed by atoms with Crippen molar-refractivity contribution >= 4 is 24.4 Å². The highest BCUT2D eigenvalue weighted by Crippen LogP contribution is 2.04. The Labute approximate surface area is 73.3 Å². The Morgan fingerprint density at radius 3 is 2.60 bits per heavy atom. The second-order valence-corrected chi connectivity index (χ2v) is 3.71. The molecule has 0 amide bonds. The van der Waals surface area contributed by atoms with Gasteiger partial charge in [-0.05, 0) is 30.1 Å². The van der Waals surface area contributed by atoms with E-state index in [4.69, 9.17) is 4.74 Å². The maximum absolute atomic E-state index is 4.92. The summed E-state index contributed by atoms with van der Waals surface area (Å²) in [5.74, 6) is 3.48. The monoisotopic (exact) mass is 180 g/mol. The fourth-order valence-electron chi connectivity index (χ4n) is 0.574. The number of hydrogen-bond donors (Lipinski definition) is 1. The maximum atomic E-state index is 4.92. The molecular weight excluding hydrogens is 164 g/mol. The molecule has 62 valence electrons. The predicted octanol–water partition coefficient (Wildman–Crippen LogP) is 2.08. The summed E-state index contributed by atoms with van der Waals surface area (Å²) in [7, 11) is 1.75. The smallest absolute Gasteiger partial charge is 0.0470 e. The van der Waals surface area contributed by atoms with Gasteiger partial charge in [0.2, 0.25) is 0 Å². The third-order valence-electron chi connectivity index (χ3n) is 1.08. The van der Waals surface area contributed by atoms with Gasteiger partial charge in [0.1, 0.15) is 0 Å². The van der Waals surface area contributed by atoms with Gasteiger partial charge in [0.15, 0.2) is 0 Å². The number of rotatable bonds is 7. The van der Waals surface area contributed by atoms with Crippen LogP contribution >= 0.6 is 24.4 Å². The lowest BCUT2D eigenvalue weighted by atomic mass is 10.5. The topological polar surface area (TPSA) is 9.23 Å². The number of methoxy groups -OCH3 is 1. The summed E-state index contributed by atoms with van der Waals surface area (Å²) in [4.78, 5) is 0. The van der Waals surface area contributed by atoms with Gasteiger partial charge in [0, 0.05) is 13.7 Å². The Morgan fingerprint density at radius 2 is 2.00 bits per heavy atom. The van der Waals surface area contributed by atoms with Gasteiger partial charge >= 0.3 is 0 Å². The first-order valence-electron chi connectivity index (χ1n) is 3.59. The summed E-state index contributed by atoms with van der Waals surface area (Å²) in [6.07, 6.45) is 2.40. The molecule has 0 atom stereocenters. The van der Waals surface area contributed by atoms with E-state index in [9.17, 15) is 0 Å². The summed E-state index contributed by atoms with van der Waals surface area (Å²) in [5, 5.41) is 0. The van der Waals surface area contributed by atoms with E-state index in [1.165, 1.54) is 24.3 Å². The molecule has 0 bridgehead atoms. The Bertz CT molecular complexity index is 51.6. The van der Waals surface area contributed by atoms with Crippen LogP contribution in [-0.4, -0.2) is 31.0 Å². The average molecular weight is 180 g/mol. The highest BCUT2D eigenvalue weighted by Gasteiger charge is 1.87. The quantitative estimate of drug-likeness (QED) is 0.474. The second-order valence-electron chi connectivity index (χ2n) is 2.04. The number of ether oxygens (including phenoxy) is 1.